The van der Waals surface area contributed by atoms with Gasteiger partial charge in [0.2, 0.25) is 0 Å². The Bertz CT molecular complexity index is 534. The number of rotatable bonds is 1. The summed E-state index contributed by atoms with van der Waals surface area (Å²) in [6.07, 6.45) is 1.10. The maximum absolute atomic E-state index is 6.03. The van der Waals surface area contributed by atoms with Crippen LogP contribution in [-0.4, -0.2) is 6.54 Å². The van der Waals surface area contributed by atoms with Crippen molar-refractivity contribution in [2.45, 2.75) is 6.42 Å². The fraction of sp³-hybridized carbons (Fsp3) is 0.143. The molecule has 1 N–H and O–H groups in total. The van der Waals surface area contributed by atoms with Gasteiger partial charge in [-0.15, -0.1) is 0 Å². The largest absolute Gasteiger partial charge is 0.384 e. The van der Waals surface area contributed by atoms with Gasteiger partial charge >= 0.3 is 0 Å². The zero-order valence-electron chi connectivity index (χ0n) is 8.83. The lowest BCUT2D eigenvalue weighted by atomic mass is 9.98. The molecule has 80 valence electrons. The van der Waals surface area contributed by atoms with Gasteiger partial charge in [-0.2, -0.15) is 0 Å². The van der Waals surface area contributed by atoms with E-state index in [4.69, 9.17) is 11.6 Å². The van der Waals surface area contributed by atoms with Crippen LogP contribution in [0.2, 0.25) is 5.02 Å². The second kappa shape index (κ2) is 3.84. The summed E-state index contributed by atoms with van der Waals surface area (Å²) in [5, 5.41) is 4.18. The third-order valence-electron chi connectivity index (χ3n) is 3.00. The van der Waals surface area contributed by atoms with Crippen LogP contribution in [0.1, 0.15) is 5.56 Å². The van der Waals surface area contributed by atoms with E-state index in [1.165, 1.54) is 22.4 Å². The molecule has 0 amide bonds. The van der Waals surface area contributed by atoms with Gasteiger partial charge in [-0.05, 0) is 41.3 Å². The molecule has 0 aromatic heterocycles. The maximum Gasteiger partial charge on any atom is 0.0412 e. The summed E-state index contributed by atoms with van der Waals surface area (Å²) in [7, 11) is 0. The molecule has 1 nitrogen and oxygen atoms in total. The van der Waals surface area contributed by atoms with E-state index in [-0.39, 0.29) is 0 Å². The number of halogens is 1. The van der Waals surface area contributed by atoms with Crippen LogP contribution < -0.4 is 5.32 Å². The van der Waals surface area contributed by atoms with Crippen molar-refractivity contribution >= 4 is 17.3 Å². The highest BCUT2D eigenvalue weighted by molar-refractivity contribution is 6.30. The highest BCUT2D eigenvalue weighted by Crippen LogP contribution is 2.33. The first-order valence-corrected chi connectivity index (χ1v) is 5.84. The molecule has 1 aliphatic heterocycles. The van der Waals surface area contributed by atoms with Crippen molar-refractivity contribution in [2.75, 3.05) is 11.9 Å². The molecule has 0 bridgehead atoms. The zero-order chi connectivity index (χ0) is 11.0. The first kappa shape index (κ1) is 9.73. The number of fused-ring (bicyclic) bond motifs is 1. The van der Waals surface area contributed by atoms with Crippen molar-refractivity contribution in [1.82, 2.24) is 0 Å². The number of hydrogen-bond acceptors (Lipinski definition) is 1. The molecular weight excluding hydrogens is 218 g/mol. The number of anilines is 1. The van der Waals surface area contributed by atoms with Gasteiger partial charge in [0.05, 0.1) is 0 Å². The first-order valence-electron chi connectivity index (χ1n) is 5.46. The molecule has 2 heteroatoms. The average molecular weight is 230 g/mol. The van der Waals surface area contributed by atoms with Gasteiger partial charge in [-0.1, -0.05) is 35.9 Å². The molecule has 16 heavy (non-hydrogen) atoms. The Morgan fingerprint density at radius 2 is 1.94 bits per heavy atom. The molecular formula is C14H12ClN. The van der Waals surface area contributed by atoms with Crippen molar-refractivity contribution in [3.63, 3.8) is 0 Å². The van der Waals surface area contributed by atoms with E-state index in [9.17, 15) is 0 Å². The lowest BCUT2D eigenvalue weighted by molar-refractivity contribution is 1.11. The topological polar surface area (TPSA) is 12.0 Å². The maximum atomic E-state index is 6.03. The zero-order valence-corrected chi connectivity index (χ0v) is 9.59. The molecule has 0 fully saturated rings. The van der Waals surface area contributed by atoms with Gasteiger partial charge in [0.1, 0.15) is 0 Å². The Balaban J connectivity index is 2.17. The van der Waals surface area contributed by atoms with Crippen LogP contribution in [0.15, 0.2) is 42.5 Å². The predicted molar refractivity (Wildman–Crippen MR) is 69.1 cm³/mol. The number of nitrogens with one attached hydrogen (secondary N) is 1. The molecule has 1 heterocycles. The summed E-state index contributed by atoms with van der Waals surface area (Å²) < 4.78 is 0. The fourth-order valence-electron chi connectivity index (χ4n) is 2.27. The summed E-state index contributed by atoms with van der Waals surface area (Å²) >= 11 is 6.03. The van der Waals surface area contributed by atoms with E-state index in [1.54, 1.807) is 0 Å². The van der Waals surface area contributed by atoms with Crippen molar-refractivity contribution in [1.29, 1.82) is 0 Å². The van der Waals surface area contributed by atoms with Crippen LogP contribution in [0.25, 0.3) is 11.1 Å². The van der Waals surface area contributed by atoms with E-state index in [1.807, 2.05) is 18.2 Å². The Morgan fingerprint density at radius 1 is 1.06 bits per heavy atom. The van der Waals surface area contributed by atoms with Gasteiger partial charge in [-0.3, -0.25) is 0 Å². The quantitative estimate of drug-likeness (QED) is 0.780. The van der Waals surface area contributed by atoms with E-state index < -0.39 is 0 Å². The molecule has 2 aromatic carbocycles. The average Bonchev–Trinajstić information content (AvgIpc) is 2.76. The molecule has 0 unspecified atom stereocenters. The summed E-state index contributed by atoms with van der Waals surface area (Å²) in [6, 6.07) is 14.4. The third kappa shape index (κ3) is 1.57. The Morgan fingerprint density at radius 3 is 2.81 bits per heavy atom. The van der Waals surface area contributed by atoms with Crippen molar-refractivity contribution < 1.29 is 0 Å². The minimum absolute atomic E-state index is 0.793. The lowest BCUT2D eigenvalue weighted by Gasteiger charge is -2.08. The predicted octanol–water partition coefficient (Wildman–Crippen LogP) is 3.98. The van der Waals surface area contributed by atoms with Crippen LogP contribution in [-0.2, 0) is 6.42 Å². The Labute approximate surface area is 100 Å². The van der Waals surface area contributed by atoms with E-state index in [0.717, 1.165) is 18.0 Å². The SMILES string of the molecule is Clc1cccc(-c2cccc3c2CCN3)c1. The monoisotopic (exact) mass is 229 g/mol. The Kier molecular flexibility index (Phi) is 2.33. The van der Waals surface area contributed by atoms with Crippen molar-refractivity contribution in [3.05, 3.63) is 53.1 Å². The van der Waals surface area contributed by atoms with E-state index in [2.05, 4.69) is 29.6 Å². The van der Waals surface area contributed by atoms with Gasteiger partial charge < -0.3 is 5.32 Å². The highest BCUT2D eigenvalue weighted by Gasteiger charge is 2.14. The van der Waals surface area contributed by atoms with Crippen LogP contribution in [0.5, 0.6) is 0 Å². The molecule has 0 aliphatic carbocycles. The van der Waals surface area contributed by atoms with Crippen molar-refractivity contribution in [2.24, 2.45) is 0 Å². The Hall–Kier alpha value is -1.47. The molecule has 0 spiro atoms. The molecule has 0 saturated heterocycles. The second-order valence-electron chi connectivity index (χ2n) is 4.02. The first-order chi connectivity index (χ1) is 7.84. The van der Waals surface area contributed by atoms with Crippen LogP contribution >= 0.6 is 11.6 Å². The van der Waals surface area contributed by atoms with Gasteiger partial charge in [0.15, 0.2) is 0 Å². The molecule has 0 saturated carbocycles. The summed E-state index contributed by atoms with van der Waals surface area (Å²) in [4.78, 5) is 0. The molecule has 0 atom stereocenters. The van der Waals surface area contributed by atoms with Gasteiger partial charge in [-0.25, -0.2) is 0 Å². The molecule has 2 aromatic rings. The van der Waals surface area contributed by atoms with Crippen LogP contribution in [0.4, 0.5) is 5.69 Å². The van der Waals surface area contributed by atoms with Gasteiger partial charge in [0, 0.05) is 17.3 Å². The second-order valence-corrected chi connectivity index (χ2v) is 4.46. The normalized spacial score (nSPS) is 13.3. The molecule has 0 radical (unpaired) electrons. The number of benzene rings is 2. The van der Waals surface area contributed by atoms with Crippen LogP contribution in [0, 0.1) is 0 Å². The highest BCUT2D eigenvalue weighted by atomic mass is 35.5. The molecule has 1 aliphatic rings. The van der Waals surface area contributed by atoms with Gasteiger partial charge in [0.25, 0.3) is 0 Å². The summed E-state index contributed by atoms with van der Waals surface area (Å²) in [5.74, 6) is 0. The minimum Gasteiger partial charge on any atom is -0.384 e. The van der Waals surface area contributed by atoms with E-state index >= 15 is 0 Å². The summed E-state index contributed by atoms with van der Waals surface area (Å²) in [6.45, 7) is 1.03. The van der Waals surface area contributed by atoms with Crippen molar-refractivity contribution in [3.8, 4) is 11.1 Å². The van der Waals surface area contributed by atoms with E-state index in [0.29, 0.717) is 0 Å². The smallest absolute Gasteiger partial charge is 0.0412 e. The molecule has 3 rings (SSSR count). The fourth-order valence-corrected chi connectivity index (χ4v) is 2.46. The lowest BCUT2D eigenvalue weighted by Crippen LogP contribution is -1.90. The standard InChI is InChI=1S/C14H12ClN/c15-11-4-1-3-10(9-11)12-5-2-6-14-13(12)7-8-16-14/h1-6,9,16H,7-8H2. The minimum atomic E-state index is 0.793. The number of hydrogen-bond donors (Lipinski definition) is 1. The van der Waals surface area contributed by atoms with Crippen LogP contribution in [0.3, 0.4) is 0 Å². The summed E-state index contributed by atoms with van der Waals surface area (Å²) in [5.41, 5.74) is 5.17. The third-order valence-corrected chi connectivity index (χ3v) is 3.24.